The zero-order chi connectivity index (χ0) is 29.1. The zero-order valence-electron chi connectivity index (χ0n) is 24.1. The van der Waals surface area contributed by atoms with Gasteiger partial charge in [0.05, 0.1) is 17.1 Å². The van der Waals surface area contributed by atoms with E-state index in [2.05, 4.69) is 93.6 Å². The normalized spacial score (nSPS) is 13.2. The first-order valence-corrected chi connectivity index (χ1v) is 17.3. The number of carbonyl (C=O) groups is 2. The van der Waals surface area contributed by atoms with Gasteiger partial charge in [-0.05, 0) is 26.9 Å². The van der Waals surface area contributed by atoms with Gasteiger partial charge in [-0.3, -0.25) is 9.59 Å². The second kappa shape index (κ2) is 15.5. The van der Waals surface area contributed by atoms with Crippen LogP contribution in [0.3, 0.4) is 0 Å². The van der Waals surface area contributed by atoms with Crippen molar-refractivity contribution in [2.75, 3.05) is 25.6 Å². The van der Waals surface area contributed by atoms with Gasteiger partial charge in [0.2, 0.25) is 14.9 Å². The van der Waals surface area contributed by atoms with Crippen molar-refractivity contribution in [3.05, 3.63) is 96.1 Å². The fourth-order valence-corrected chi connectivity index (χ4v) is 9.70. The van der Waals surface area contributed by atoms with Crippen molar-refractivity contribution in [2.45, 2.75) is 44.3 Å². The Labute approximate surface area is 249 Å². The van der Waals surface area contributed by atoms with Crippen LogP contribution in [-0.2, 0) is 14.0 Å². The van der Waals surface area contributed by atoms with E-state index in [9.17, 15) is 14.7 Å². The SMILES string of the molecule is CN(C)C(=O)CCSC(SCCC(=O)O)c1cccc(C(O[SiH](c2ccccc2)c2ccccc2)C(C)(C)C)c1. The van der Waals surface area contributed by atoms with Gasteiger partial charge in [-0.15, -0.1) is 23.5 Å². The minimum Gasteiger partial charge on any atom is -0.481 e. The molecule has 3 aromatic rings. The number of nitrogens with zero attached hydrogens (tertiary/aromatic N) is 1. The number of hydrogen-bond donors (Lipinski definition) is 1. The van der Waals surface area contributed by atoms with Gasteiger partial charge >= 0.3 is 5.97 Å². The maximum absolute atomic E-state index is 12.2. The molecule has 3 aromatic carbocycles. The van der Waals surface area contributed by atoms with Crippen LogP contribution < -0.4 is 10.4 Å². The van der Waals surface area contributed by atoms with E-state index in [1.54, 1.807) is 42.5 Å². The topological polar surface area (TPSA) is 66.8 Å². The van der Waals surface area contributed by atoms with Crippen molar-refractivity contribution < 1.29 is 19.1 Å². The molecule has 0 aliphatic rings. The van der Waals surface area contributed by atoms with E-state index in [1.807, 2.05) is 12.1 Å². The number of benzene rings is 3. The van der Waals surface area contributed by atoms with Crippen molar-refractivity contribution in [1.29, 1.82) is 0 Å². The van der Waals surface area contributed by atoms with Gasteiger partial charge in [-0.1, -0.05) is 106 Å². The average molecular weight is 596 g/mol. The summed E-state index contributed by atoms with van der Waals surface area (Å²) >= 11 is 3.32. The Balaban J connectivity index is 1.92. The number of carbonyl (C=O) groups excluding carboxylic acids is 1. The third-order valence-electron chi connectivity index (χ3n) is 6.42. The highest BCUT2D eigenvalue weighted by Gasteiger charge is 2.32. The lowest BCUT2D eigenvalue weighted by molar-refractivity contribution is -0.136. The van der Waals surface area contributed by atoms with E-state index >= 15 is 0 Å². The lowest BCUT2D eigenvalue weighted by Crippen LogP contribution is -2.47. The number of rotatable bonds is 14. The molecular weight excluding hydrogens is 555 g/mol. The quantitative estimate of drug-likeness (QED) is 0.189. The lowest BCUT2D eigenvalue weighted by Gasteiger charge is -2.35. The first-order chi connectivity index (χ1) is 19.1. The summed E-state index contributed by atoms with van der Waals surface area (Å²) in [5, 5.41) is 11.7. The third kappa shape index (κ3) is 9.84. The monoisotopic (exact) mass is 595 g/mol. The number of thioether (sulfide) groups is 2. The summed E-state index contributed by atoms with van der Waals surface area (Å²) in [6, 6.07) is 29.6. The first kappa shape index (κ1) is 32.0. The largest absolute Gasteiger partial charge is 0.481 e. The average Bonchev–Trinajstić information content (AvgIpc) is 2.92. The molecule has 1 N–H and O–H groups in total. The van der Waals surface area contributed by atoms with Crippen LogP contribution in [0.1, 0.15) is 55.4 Å². The maximum Gasteiger partial charge on any atom is 0.304 e. The molecule has 0 bridgehead atoms. The van der Waals surface area contributed by atoms with Crippen LogP contribution >= 0.6 is 23.5 Å². The number of carboxylic acids is 1. The highest BCUT2D eigenvalue weighted by Crippen LogP contribution is 2.43. The number of aliphatic carboxylic acids is 1. The maximum atomic E-state index is 12.2. The summed E-state index contributed by atoms with van der Waals surface area (Å²) in [6.07, 6.45) is 0.407. The van der Waals surface area contributed by atoms with Crippen molar-refractivity contribution in [1.82, 2.24) is 4.90 Å². The Hall–Kier alpha value is -2.52. The molecule has 0 spiro atoms. The standard InChI is InChI=1S/C32H41NO4S2Si/c1-32(2,3)30(37-40(26-15-8-6-9-16-26)27-17-10-7-11-18-27)24-13-12-14-25(23-24)31(39-22-20-29(35)36)38-21-19-28(34)33(4)5/h6-18,23,30-31,40H,19-22H2,1-5H3,(H,35,36). The van der Waals surface area contributed by atoms with Crippen LogP contribution in [0.2, 0.25) is 0 Å². The molecule has 0 heterocycles. The summed E-state index contributed by atoms with van der Waals surface area (Å²) in [4.78, 5) is 25.0. The Kier molecular flexibility index (Phi) is 12.4. The highest BCUT2D eigenvalue weighted by atomic mass is 32.2. The third-order valence-corrected chi connectivity index (χ3v) is 11.8. The van der Waals surface area contributed by atoms with Gasteiger partial charge in [-0.2, -0.15) is 0 Å². The molecule has 2 atom stereocenters. The van der Waals surface area contributed by atoms with E-state index in [0.717, 1.165) is 11.1 Å². The highest BCUT2D eigenvalue weighted by molar-refractivity contribution is 8.16. The van der Waals surface area contributed by atoms with Crippen molar-refractivity contribution in [2.24, 2.45) is 5.41 Å². The van der Waals surface area contributed by atoms with Crippen molar-refractivity contribution in [3.8, 4) is 0 Å². The molecule has 214 valence electrons. The summed E-state index contributed by atoms with van der Waals surface area (Å²) in [6.45, 7) is 6.64. The summed E-state index contributed by atoms with van der Waals surface area (Å²) in [7, 11) is 1.53. The summed E-state index contributed by atoms with van der Waals surface area (Å²) in [5.41, 5.74) is 2.07. The van der Waals surface area contributed by atoms with Gasteiger partial charge in [0.1, 0.15) is 0 Å². The Morgan fingerprint density at radius 1 is 0.825 bits per heavy atom. The molecular formula is C32H41NO4S2Si. The van der Waals surface area contributed by atoms with E-state index in [-0.39, 0.29) is 28.4 Å². The molecule has 1 amide bonds. The molecule has 0 saturated heterocycles. The molecule has 0 aliphatic carbocycles. The number of hydrogen-bond acceptors (Lipinski definition) is 5. The molecule has 5 nitrogen and oxygen atoms in total. The van der Waals surface area contributed by atoms with E-state index < -0.39 is 15.0 Å². The van der Waals surface area contributed by atoms with E-state index in [4.69, 9.17) is 4.43 Å². The second-order valence-electron chi connectivity index (χ2n) is 11.0. The molecule has 0 saturated carbocycles. The lowest BCUT2D eigenvalue weighted by atomic mass is 9.84. The van der Waals surface area contributed by atoms with Gasteiger partial charge in [0, 0.05) is 32.0 Å². The Morgan fingerprint density at radius 2 is 1.35 bits per heavy atom. The first-order valence-electron chi connectivity index (χ1n) is 13.6. The molecule has 0 aromatic heterocycles. The predicted molar refractivity (Wildman–Crippen MR) is 172 cm³/mol. The second-order valence-corrected chi connectivity index (χ2v) is 16.1. The van der Waals surface area contributed by atoms with Crippen LogP contribution in [0.4, 0.5) is 0 Å². The number of carboxylic acid groups (broad SMARTS) is 1. The molecule has 0 radical (unpaired) electrons. The van der Waals surface area contributed by atoms with Gasteiger partial charge < -0.3 is 14.4 Å². The zero-order valence-corrected chi connectivity index (χ0v) is 26.9. The van der Waals surface area contributed by atoms with E-state index in [0.29, 0.717) is 17.9 Å². The molecule has 8 heteroatoms. The minimum atomic E-state index is -2.01. The van der Waals surface area contributed by atoms with E-state index in [1.165, 1.54) is 10.4 Å². The summed E-state index contributed by atoms with van der Waals surface area (Å²) < 4.78 is 7.18. The van der Waals surface area contributed by atoms with Crippen LogP contribution in [0, 0.1) is 5.41 Å². The van der Waals surface area contributed by atoms with Crippen LogP contribution in [0.15, 0.2) is 84.9 Å². The van der Waals surface area contributed by atoms with Gasteiger partial charge in [0.25, 0.3) is 0 Å². The van der Waals surface area contributed by atoms with Crippen LogP contribution in [-0.4, -0.2) is 56.5 Å². The fraction of sp³-hybridized carbons (Fsp3) is 0.375. The minimum absolute atomic E-state index is 0.0196. The molecule has 40 heavy (non-hydrogen) atoms. The fourth-order valence-electron chi connectivity index (χ4n) is 4.36. The van der Waals surface area contributed by atoms with Crippen LogP contribution in [0.5, 0.6) is 0 Å². The molecule has 3 rings (SSSR count). The number of amides is 1. The smallest absolute Gasteiger partial charge is 0.304 e. The molecule has 0 fully saturated rings. The van der Waals surface area contributed by atoms with Gasteiger partial charge in [-0.25, -0.2) is 0 Å². The van der Waals surface area contributed by atoms with Gasteiger partial charge in [0.15, 0.2) is 0 Å². The summed E-state index contributed by atoms with van der Waals surface area (Å²) in [5.74, 6) is 0.471. The molecule has 0 aliphatic heterocycles. The van der Waals surface area contributed by atoms with Crippen molar-refractivity contribution >= 4 is 54.8 Å². The molecule has 2 unspecified atom stereocenters. The predicted octanol–water partition coefficient (Wildman–Crippen LogP) is 5.75. The Morgan fingerprint density at radius 3 is 1.85 bits per heavy atom. The van der Waals surface area contributed by atoms with Crippen molar-refractivity contribution in [3.63, 3.8) is 0 Å². The van der Waals surface area contributed by atoms with Crippen LogP contribution in [0.25, 0.3) is 0 Å². The Bertz CT molecular complexity index is 1180.